The van der Waals surface area contributed by atoms with Gasteiger partial charge in [-0.15, -0.1) is 0 Å². The van der Waals surface area contributed by atoms with Crippen LogP contribution in [0.15, 0.2) is 30.3 Å². The summed E-state index contributed by atoms with van der Waals surface area (Å²) in [5.41, 5.74) is 1.40. The third kappa shape index (κ3) is 2.51. The van der Waals surface area contributed by atoms with Crippen molar-refractivity contribution in [3.8, 4) is 0 Å². The predicted molar refractivity (Wildman–Crippen MR) is 67.7 cm³/mol. The lowest BCUT2D eigenvalue weighted by molar-refractivity contribution is -0.0222. The minimum absolute atomic E-state index is 0.0711. The fourth-order valence-electron chi connectivity index (χ4n) is 2.88. The van der Waals surface area contributed by atoms with E-state index in [0.717, 1.165) is 26.2 Å². The van der Waals surface area contributed by atoms with Crippen LogP contribution in [0.5, 0.6) is 0 Å². The Kier molecular flexibility index (Phi) is 3.14. The van der Waals surface area contributed by atoms with Gasteiger partial charge < -0.3 is 5.11 Å². The molecule has 1 aromatic carbocycles. The molecule has 1 atom stereocenters. The van der Waals surface area contributed by atoms with Gasteiger partial charge >= 0.3 is 0 Å². The van der Waals surface area contributed by atoms with Crippen LogP contribution in [0.3, 0.4) is 0 Å². The Morgan fingerprint density at radius 2 is 1.88 bits per heavy atom. The molecule has 0 saturated carbocycles. The maximum atomic E-state index is 9.32. The van der Waals surface area contributed by atoms with Crippen LogP contribution in [0.1, 0.15) is 12.0 Å². The Bertz CT molecular complexity index is 362. The summed E-state index contributed by atoms with van der Waals surface area (Å²) in [5.74, 6) is 0. The maximum absolute atomic E-state index is 9.32. The van der Waals surface area contributed by atoms with E-state index in [4.69, 9.17) is 0 Å². The smallest absolute Gasteiger partial charge is 0.0794 e. The third-order valence-electron chi connectivity index (χ3n) is 3.90. The van der Waals surface area contributed by atoms with E-state index < -0.39 is 0 Å². The summed E-state index contributed by atoms with van der Waals surface area (Å²) in [6.07, 6.45) is 1.18. The van der Waals surface area contributed by atoms with Crippen LogP contribution in [0.4, 0.5) is 0 Å². The van der Waals surface area contributed by atoms with Crippen molar-refractivity contribution in [2.24, 2.45) is 0 Å². The van der Waals surface area contributed by atoms with Gasteiger partial charge in [-0.2, -0.15) is 0 Å². The Morgan fingerprint density at radius 1 is 1.12 bits per heavy atom. The van der Waals surface area contributed by atoms with Crippen molar-refractivity contribution in [1.82, 2.24) is 9.80 Å². The van der Waals surface area contributed by atoms with Gasteiger partial charge in [0.2, 0.25) is 0 Å². The van der Waals surface area contributed by atoms with Crippen molar-refractivity contribution in [1.29, 1.82) is 0 Å². The second-order valence-electron chi connectivity index (χ2n) is 5.27. The highest BCUT2D eigenvalue weighted by Crippen LogP contribution is 2.22. The first-order chi connectivity index (χ1) is 8.31. The minimum atomic E-state index is -0.0711. The molecule has 1 aromatic rings. The molecule has 0 radical (unpaired) electrons. The number of aliphatic hydroxyl groups excluding tert-OH is 1. The number of hydrogen-bond donors (Lipinski definition) is 1. The molecule has 92 valence electrons. The molecule has 2 aliphatic heterocycles. The zero-order valence-corrected chi connectivity index (χ0v) is 10.1. The molecule has 1 N–H and O–H groups in total. The number of rotatable bonds is 3. The number of aliphatic hydroxyl groups is 1. The Labute approximate surface area is 103 Å². The normalized spacial score (nSPS) is 27.2. The molecule has 2 saturated heterocycles. The summed E-state index contributed by atoms with van der Waals surface area (Å²) < 4.78 is 0. The van der Waals surface area contributed by atoms with Gasteiger partial charge in [0.1, 0.15) is 0 Å². The largest absolute Gasteiger partial charge is 0.390 e. The molecule has 3 nitrogen and oxygen atoms in total. The Morgan fingerprint density at radius 3 is 2.59 bits per heavy atom. The number of nitrogens with zero attached hydrogens (tertiary/aromatic N) is 2. The topological polar surface area (TPSA) is 26.7 Å². The zero-order valence-electron chi connectivity index (χ0n) is 10.1. The Balaban J connectivity index is 1.51. The first-order valence-electron chi connectivity index (χ1n) is 6.49. The van der Waals surface area contributed by atoms with Crippen LogP contribution < -0.4 is 0 Å². The highest BCUT2D eigenvalue weighted by atomic mass is 16.3. The first-order valence-corrected chi connectivity index (χ1v) is 6.49. The Hall–Kier alpha value is -0.900. The molecule has 0 spiro atoms. The van der Waals surface area contributed by atoms with E-state index in [1.54, 1.807) is 0 Å². The van der Waals surface area contributed by atoms with Crippen molar-refractivity contribution in [3.05, 3.63) is 35.9 Å². The van der Waals surface area contributed by atoms with Crippen molar-refractivity contribution >= 4 is 0 Å². The molecule has 3 rings (SSSR count). The van der Waals surface area contributed by atoms with E-state index in [0.29, 0.717) is 6.04 Å². The molecular weight excluding hydrogens is 212 g/mol. The number of likely N-dealkylation sites (tertiary alicyclic amines) is 2. The molecular formula is C14H20N2O. The minimum Gasteiger partial charge on any atom is -0.390 e. The fraction of sp³-hybridized carbons (Fsp3) is 0.571. The third-order valence-corrected chi connectivity index (χ3v) is 3.90. The number of β-amino-alcohol motifs (C(OH)–C–C–N with tert-alkyl or cyclic N) is 1. The summed E-state index contributed by atoms with van der Waals surface area (Å²) in [4.78, 5) is 4.93. The van der Waals surface area contributed by atoms with Crippen molar-refractivity contribution < 1.29 is 5.11 Å². The average molecular weight is 232 g/mol. The number of benzene rings is 1. The van der Waals surface area contributed by atoms with Crippen molar-refractivity contribution in [3.63, 3.8) is 0 Å². The van der Waals surface area contributed by atoms with Gasteiger partial charge in [-0.3, -0.25) is 9.80 Å². The van der Waals surface area contributed by atoms with E-state index in [9.17, 15) is 5.11 Å². The fourth-order valence-corrected chi connectivity index (χ4v) is 2.88. The lowest BCUT2D eigenvalue weighted by Gasteiger charge is -2.40. The highest BCUT2D eigenvalue weighted by Gasteiger charge is 2.34. The van der Waals surface area contributed by atoms with Gasteiger partial charge in [-0.05, 0) is 12.0 Å². The summed E-state index contributed by atoms with van der Waals surface area (Å²) in [6.45, 7) is 5.16. The van der Waals surface area contributed by atoms with Gasteiger partial charge in [0.05, 0.1) is 6.10 Å². The quantitative estimate of drug-likeness (QED) is 0.840. The van der Waals surface area contributed by atoms with Crippen LogP contribution in [0.25, 0.3) is 0 Å². The lowest BCUT2D eigenvalue weighted by Crippen LogP contribution is -2.55. The molecule has 2 heterocycles. The molecule has 0 aliphatic carbocycles. The van der Waals surface area contributed by atoms with Gasteiger partial charge in [0.15, 0.2) is 0 Å². The lowest BCUT2D eigenvalue weighted by atomic mass is 10.1. The molecule has 2 fully saturated rings. The van der Waals surface area contributed by atoms with Crippen LogP contribution in [0.2, 0.25) is 0 Å². The SMILES string of the molecule is OC1CN(C2CCN(Cc3ccccc3)C2)C1. The standard InChI is InChI=1S/C14H20N2O/c17-14-10-16(11-14)13-6-7-15(9-13)8-12-4-2-1-3-5-12/h1-5,13-14,17H,6-11H2. The summed E-state index contributed by atoms with van der Waals surface area (Å²) in [7, 11) is 0. The second-order valence-corrected chi connectivity index (χ2v) is 5.27. The van der Waals surface area contributed by atoms with Gasteiger partial charge in [0.25, 0.3) is 0 Å². The van der Waals surface area contributed by atoms with E-state index in [-0.39, 0.29) is 6.10 Å². The molecule has 0 bridgehead atoms. The van der Waals surface area contributed by atoms with Gasteiger partial charge in [-0.25, -0.2) is 0 Å². The van der Waals surface area contributed by atoms with Crippen LogP contribution in [-0.2, 0) is 6.54 Å². The van der Waals surface area contributed by atoms with Gasteiger partial charge in [0, 0.05) is 38.8 Å². The van der Waals surface area contributed by atoms with E-state index in [2.05, 4.69) is 40.1 Å². The van der Waals surface area contributed by atoms with Crippen LogP contribution >= 0.6 is 0 Å². The van der Waals surface area contributed by atoms with Crippen LogP contribution in [0, 0.1) is 0 Å². The van der Waals surface area contributed by atoms with E-state index in [1.807, 2.05) is 0 Å². The average Bonchev–Trinajstić information content (AvgIpc) is 2.74. The monoisotopic (exact) mass is 232 g/mol. The molecule has 2 aliphatic rings. The van der Waals surface area contributed by atoms with E-state index in [1.165, 1.54) is 18.5 Å². The van der Waals surface area contributed by atoms with Gasteiger partial charge in [-0.1, -0.05) is 30.3 Å². The number of hydrogen-bond acceptors (Lipinski definition) is 3. The molecule has 17 heavy (non-hydrogen) atoms. The predicted octanol–water partition coefficient (Wildman–Crippen LogP) is 0.937. The van der Waals surface area contributed by atoms with Crippen molar-refractivity contribution in [2.45, 2.75) is 25.1 Å². The summed E-state index contributed by atoms with van der Waals surface area (Å²) in [6, 6.07) is 11.3. The molecule has 1 unspecified atom stereocenters. The highest BCUT2D eigenvalue weighted by molar-refractivity contribution is 5.14. The maximum Gasteiger partial charge on any atom is 0.0794 e. The first kappa shape index (κ1) is 11.2. The zero-order chi connectivity index (χ0) is 11.7. The van der Waals surface area contributed by atoms with Crippen LogP contribution in [-0.4, -0.2) is 53.2 Å². The van der Waals surface area contributed by atoms with Crippen molar-refractivity contribution in [2.75, 3.05) is 26.2 Å². The second kappa shape index (κ2) is 4.77. The van der Waals surface area contributed by atoms with E-state index >= 15 is 0 Å². The molecule has 0 aromatic heterocycles. The summed E-state index contributed by atoms with van der Waals surface area (Å²) in [5, 5.41) is 9.32. The summed E-state index contributed by atoms with van der Waals surface area (Å²) >= 11 is 0. The molecule has 0 amide bonds. The molecule has 3 heteroatoms.